The SMILES string of the molecule is CCNC(=O)CN(C)c1cc(F)c(Cl)cc1N. The average molecular weight is 260 g/mol. The maximum Gasteiger partial charge on any atom is 0.239 e. The number of likely N-dealkylation sites (N-methyl/N-ethyl adjacent to an activating group) is 2. The molecule has 17 heavy (non-hydrogen) atoms. The first kappa shape index (κ1) is 13.6. The summed E-state index contributed by atoms with van der Waals surface area (Å²) < 4.78 is 13.3. The highest BCUT2D eigenvalue weighted by molar-refractivity contribution is 6.31. The van der Waals surface area contributed by atoms with Crippen LogP contribution in [0.2, 0.25) is 5.02 Å². The Morgan fingerprint density at radius 1 is 1.59 bits per heavy atom. The van der Waals surface area contributed by atoms with Crippen molar-refractivity contribution in [2.75, 3.05) is 30.8 Å². The Kier molecular flexibility index (Phi) is 4.57. The van der Waals surface area contributed by atoms with Crippen molar-refractivity contribution in [2.24, 2.45) is 0 Å². The van der Waals surface area contributed by atoms with Gasteiger partial charge in [-0.05, 0) is 13.0 Å². The van der Waals surface area contributed by atoms with Crippen molar-refractivity contribution < 1.29 is 9.18 Å². The van der Waals surface area contributed by atoms with Crippen LogP contribution in [0.25, 0.3) is 0 Å². The number of rotatable bonds is 4. The molecule has 0 saturated heterocycles. The standard InChI is InChI=1S/C11H15ClFN3O/c1-3-15-11(17)6-16(2)10-5-8(13)7(12)4-9(10)14/h4-5H,3,6,14H2,1-2H3,(H,15,17). The summed E-state index contributed by atoms with van der Waals surface area (Å²) in [6.45, 7) is 2.49. The second-order valence-corrected chi connectivity index (χ2v) is 4.04. The molecule has 94 valence electrons. The van der Waals surface area contributed by atoms with Crippen LogP contribution >= 0.6 is 11.6 Å². The Balaban J connectivity index is 2.85. The molecule has 0 aromatic heterocycles. The summed E-state index contributed by atoms with van der Waals surface area (Å²) in [6, 6.07) is 2.55. The zero-order chi connectivity index (χ0) is 13.0. The lowest BCUT2D eigenvalue weighted by Crippen LogP contribution is -2.35. The number of nitrogen functional groups attached to an aromatic ring is 1. The maximum atomic E-state index is 13.3. The van der Waals surface area contributed by atoms with Crippen LogP contribution in [-0.4, -0.2) is 26.0 Å². The first-order chi connectivity index (χ1) is 7.95. The minimum Gasteiger partial charge on any atom is -0.397 e. The molecule has 0 spiro atoms. The fourth-order valence-corrected chi connectivity index (χ4v) is 1.61. The third kappa shape index (κ3) is 3.49. The third-order valence-electron chi connectivity index (χ3n) is 2.24. The van der Waals surface area contributed by atoms with Gasteiger partial charge in [-0.15, -0.1) is 0 Å². The van der Waals surface area contributed by atoms with Crippen LogP contribution in [-0.2, 0) is 4.79 Å². The predicted molar refractivity (Wildman–Crippen MR) is 67.8 cm³/mol. The van der Waals surface area contributed by atoms with E-state index in [1.54, 1.807) is 11.9 Å². The molecule has 3 N–H and O–H groups in total. The highest BCUT2D eigenvalue weighted by atomic mass is 35.5. The first-order valence-electron chi connectivity index (χ1n) is 5.18. The highest BCUT2D eigenvalue weighted by Gasteiger charge is 2.12. The number of anilines is 2. The van der Waals surface area contributed by atoms with E-state index in [4.69, 9.17) is 17.3 Å². The van der Waals surface area contributed by atoms with Gasteiger partial charge in [-0.2, -0.15) is 0 Å². The van der Waals surface area contributed by atoms with Crippen LogP contribution in [0, 0.1) is 5.82 Å². The normalized spacial score (nSPS) is 10.1. The van der Waals surface area contributed by atoms with Crippen molar-refractivity contribution >= 4 is 28.9 Å². The Hall–Kier alpha value is -1.49. The van der Waals surface area contributed by atoms with Crippen molar-refractivity contribution in [3.05, 3.63) is 23.0 Å². The molecule has 1 aromatic carbocycles. The van der Waals surface area contributed by atoms with Crippen LogP contribution < -0.4 is 16.0 Å². The number of carbonyl (C=O) groups excluding carboxylic acids is 1. The summed E-state index contributed by atoms with van der Waals surface area (Å²) in [5.74, 6) is -0.705. The van der Waals surface area contributed by atoms with Crippen LogP contribution in [0.4, 0.5) is 15.8 Å². The van der Waals surface area contributed by atoms with E-state index in [9.17, 15) is 9.18 Å². The molecule has 1 aromatic rings. The zero-order valence-electron chi connectivity index (χ0n) is 9.76. The van der Waals surface area contributed by atoms with E-state index in [0.29, 0.717) is 17.9 Å². The van der Waals surface area contributed by atoms with Crippen molar-refractivity contribution in [1.29, 1.82) is 0 Å². The van der Waals surface area contributed by atoms with E-state index in [2.05, 4.69) is 5.32 Å². The second-order valence-electron chi connectivity index (χ2n) is 3.63. The van der Waals surface area contributed by atoms with Gasteiger partial charge in [0.15, 0.2) is 0 Å². The highest BCUT2D eigenvalue weighted by Crippen LogP contribution is 2.28. The number of hydrogen-bond donors (Lipinski definition) is 2. The topological polar surface area (TPSA) is 58.4 Å². The molecular formula is C11H15ClFN3O. The molecule has 4 nitrogen and oxygen atoms in total. The lowest BCUT2D eigenvalue weighted by molar-refractivity contribution is -0.119. The zero-order valence-corrected chi connectivity index (χ0v) is 10.5. The number of amides is 1. The number of benzene rings is 1. The van der Waals surface area contributed by atoms with E-state index in [1.165, 1.54) is 12.1 Å². The fourth-order valence-electron chi connectivity index (χ4n) is 1.44. The van der Waals surface area contributed by atoms with E-state index in [1.807, 2.05) is 6.92 Å². The molecule has 1 amide bonds. The molecule has 0 aliphatic heterocycles. The largest absolute Gasteiger partial charge is 0.397 e. The molecule has 1 rings (SSSR count). The van der Waals surface area contributed by atoms with Crippen LogP contribution in [0.15, 0.2) is 12.1 Å². The van der Waals surface area contributed by atoms with Gasteiger partial charge in [0.05, 0.1) is 22.9 Å². The molecule has 0 bridgehead atoms. The van der Waals surface area contributed by atoms with Crippen LogP contribution in [0.5, 0.6) is 0 Å². The molecular weight excluding hydrogens is 245 g/mol. The van der Waals surface area contributed by atoms with Gasteiger partial charge in [-0.3, -0.25) is 4.79 Å². The lowest BCUT2D eigenvalue weighted by atomic mass is 10.2. The Bertz CT molecular complexity index is 425. The third-order valence-corrected chi connectivity index (χ3v) is 2.53. The fraction of sp³-hybridized carbons (Fsp3) is 0.364. The molecule has 0 fully saturated rings. The lowest BCUT2D eigenvalue weighted by Gasteiger charge is -2.20. The molecule has 0 radical (unpaired) electrons. The summed E-state index contributed by atoms with van der Waals surface area (Å²) in [6.07, 6.45) is 0. The number of carbonyl (C=O) groups is 1. The van der Waals surface area contributed by atoms with Gasteiger partial charge in [0, 0.05) is 19.7 Å². The Labute approximate surface area is 105 Å². The number of nitrogens with zero attached hydrogens (tertiary/aromatic N) is 1. The second kappa shape index (κ2) is 5.72. The van der Waals surface area contributed by atoms with Crippen molar-refractivity contribution in [1.82, 2.24) is 5.32 Å². The Morgan fingerprint density at radius 2 is 2.24 bits per heavy atom. The van der Waals surface area contributed by atoms with Gasteiger partial charge < -0.3 is 16.0 Å². The van der Waals surface area contributed by atoms with Crippen LogP contribution in [0.1, 0.15) is 6.92 Å². The van der Waals surface area contributed by atoms with Crippen molar-refractivity contribution in [3.63, 3.8) is 0 Å². The number of nitrogens with one attached hydrogen (secondary N) is 1. The van der Waals surface area contributed by atoms with E-state index < -0.39 is 5.82 Å². The summed E-state index contributed by atoms with van der Waals surface area (Å²) in [4.78, 5) is 12.9. The Morgan fingerprint density at radius 3 is 2.82 bits per heavy atom. The molecule has 0 atom stereocenters. The van der Waals surface area contributed by atoms with Crippen molar-refractivity contribution in [3.8, 4) is 0 Å². The van der Waals surface area contributed by atoms with Gasteiger partial charge >= 0.3 is 0 Å². The van der Waals surface area contributed by atoms with Gasteiger partial charge in [0.25, 0.3) is 0 Å². The van der Waals surface area contributed by atoms with E-state index >= 15 is 0 Å². The average Bonchev–Trinajstić information content (AvgIpc) is 2.23. The van der Waals surface area contributed by atoms with Crippen LogP contribution in [0.3, 0.4) is 0 Å². The predicted octanol–water partition coefficient (Wildman–Crippen LogP) is 1.63. The van der Waals surface area contributed by atoms with Crippen molar-refractivity contribution in [2.45, 2.75) is 6.92 Å². The molecule has 0 unspecified atom stereocenters. The molecule has 0 aliphatic carbocycles. The quantitative estimate of drug-likeness (QED) is 0.808. The van der Waals surface area contributed by atoms with Gasteiger partial charge in [-0.25, -0.2) is 4.39 Å². The maximum absolute atomic E-state index is 13.3. The van der Waals surface area contributed by atoms with Gasteiger partial charge in [0.1, 0.15) is 5.82 Å². The van der Waals surface area contributed by atoms with E-state index in [-0.39, 0.29) is 17.5 Å². The van der Waals surface area contributed by atoms with Gasteiger partial charge in [0.2, 0.25) is 5.91 Å². The minimum atomic E-state index is -0.557. The molecule has 0 saturated carbocycles. The minimum absolute atomic E-state index is 0.0299. The number of hydrogen-bond acceptors (Lipinski definition) is 3. The first-order valence-corrected chi connectivity index (χ1v) is 5.55. The molecule has 6 heteroatoms. The van der Waals surface area contributed by atoms with Gasteiger partial charge in [-0.1, -0.05) is 11.6 Å². The smallest absolute Gasteiger partial charge is 0.239 e. The number of nitrogens with two attached hydrogens (primary N) is 1. The summed E-state index contributed by atoms with van der Waals surface area (Å²) in [5, 5.41) is 2.62. The molecule has 0 heterocycles. The summed E-state index contributed by atoms with van der Waals surface area (Å²) in [5.41, 5.74) is 6.50. The summed E-state index contributed by atoms with van der Waals surface area (Å²) in [7, 11) is 1.66. The number of halogens is 2. The van der Waals surface area contributed by atoms with E-state index in [0.717, 1.165) is 0 Å². The summed E-state index contributed by atoms with van der Waals surface area (Å²) >= 11 is 5.59. The monoisotopic (exact) mass is 259 g/mol. The molecule has 0 aliphatic rings.